The zero-order chi connectivity index (χ0) is 12.8. The third-order valence-electron chi connectivity index (χ3n) is 4.23. The summed E-state index contributed by atoms with van der Waals surface area (Å²) in [5, 5.41) is 7.87. The van der Waals surface area contributed by atoms with Gasteiger partial charge < -0.3 is 5.32 Å². The number of piperidine rings is 1. The first-order valence-electron chi connectivity index (χ1n) is 6.91. The number of nitrogens with zero attached hydrogens (tertiary/aromatic N) is 4. The van der Waals surface area contributed by atoms with Crippen molar-refractivity contribution >= 4 is 0 Å². The molecule has 19 heavy (non-hydrogen) atoms. The Morgan fingerprint density at radius 2 is 2.32 bits per heavy atom. The van der Waals surface area contributed by atoms with E-state index in [-0.39, 0.29) is 0 Å². The molecule has 0 amide bonds. The van der Waals surface area contributed by atoms with Crippen LogP contribution in [0.4, 0.5) is 0 Å². The van der Waals surface area contributed by atoms with Crippen molar-refractivity contribution in [3.8, 4) is 11.5 Å². The monoisotopic (exact) mass is 255 g/mol. The van der Waals surface area contributed by atoms with Crippen molar-refractivity contribution in [1.29, 1.82) is 0 Å². The van der Waals surface area contributed by atoms with Crippen LogP contribution in [-0.4, -0.2) is 25.8 Å². The van der Waals surface area contributed by atoms with Gasteiger partial charge in [-0.05, 0) is 37.3 Å². The van der Waals surface area contributed by atoms with Crippen molar-refractivity contribution in [3.63, 3.8) is 0 Å². The predicted molar refractivity (Wildman–Crippen MR) is 71.5 cm³/mol. The summed E-state index contributed by atoms with van der Waals surface area (Å²) in [7, 11) is 1.92. The molecule has 0 saturated carbocycles. The summed E-state index contributed by atoms with van der Waals surface area (Å²) >= 11 is 0. The molecule has 0 radical (unpaired) electrons. The fourth-order valence-corrected chi connectivity index (χ4v) is 3.26. The normalized spacial score (nSPS) is 25.1. The molecule has 98 valence electrons. The van der Waals surface area contributed by atoms with Gasteiger partial charge in [-0.1, -0.05) is 0 Å². The lowest BCUT2D eigenvalue weighted by Gasteiger charge is -2.36. The predicted octanol–water partition coefficient (Wildman–Crippen LogP) is 1.62. The lowest BCUT2D eigenvalue weighted by molar-refractivity contribution is 0.296. The van der Waals surface area contributed by atoms with Crippen LogP contribution in [0.5, 0.6) is 0 Å². The van der Waals surface area contributed by atoms with Gasteiger partial charge in [0.05, 0.1) is 11.7 Å². The summed E-state index contributed by atoms with van der Waals surface area (Å²) in [4.78, 5) is 9.33. The van der Waals surface area contributed by atoms with E-state index in [2.05, 4.69) is 15.4 Å². The van der Waals surface area contributed by atoms with Crippen LogP contribution in [0.25, 0.3) is 11.5 Å². The van der Waals surface area contributed by atoms with Gasteiger partial charge in [0.2, 0.25) is 0 Å². The molecule has 0 aromatic carbocycles. The number of hydrogen-bond acceptors (Lipinski definition) is 4. The minimum absolute atomic E-state index is 0.414. The maximum Gasteiger partial charge on any atom is 0.178 e. The number of fused-ring (bicyclic) bond motifs is 4. The van der Waals surface area contributed by atoms with Crippen molar-refractivity contribution < 1.29 is 0 Å². The molecule has 2 aromatic heterocycles. The van der Waals surface area contributed by atoms with Gasteiger partial charge in [0.1, 0.15) is 5.69 Å². The Labute approximate surface area is 112 Å². The number of hydrogen-bond donors (Lipinski definition) is 1. The Hall–Kier alpha value is -1.75. The second kappa shape index (κ2) is 4.13. The van der Waals surface area contributed by atoms with E-state index in [0.29, 0.717) is 12.1 Å². The van der Waals surface area contributed by atoms with Gasteiger partial charge in [0.25, 0.3) is 0 Å². The van der Waals surface area contributed by atoms with Gasteiger partial charge in [-0.3, -0.25) is 4.68 Å². The van der Waals surface area contributed by atoms with E-state index >= 15 is 0 Å². The molecule has 1 saturated heterocycles. The molecule has 0 spiro atoms. The average molecular weight is 255 g/mol. The lowest BCUT2D eigenvalue weighted by Crippen LogP contribution is -2.43. The minimum atomic E-state index is 0.414. The smallest absolute Gasteiger partial charge is 0.178 e. The molecule has 1 N–H and O–H groups in total. The summed E-state index contributed by atoms with van der Waals surface area (Å²) in [5.41, 5.74) is 3.49. The first-order chi connectivity index (χ1) is 9.31. The topological polar surface area (TPSA) is 55.6 Å². The third kappa shape index (κ3) is 1.76. The highest BCUT2D eigenvalue weighted by atomic mass is 15.3. The average Bonchev–Trinajstić information content (AvgIpc) is 2.85. The molecule has 2 atom stereocenters. The molecule has 4 heterocycles. The number of aromatic nitrogens is 4. The minimum Gasteiger partial charge on any atom is -0.305 e. The Bertz CT molecular complexity index is 618. The first kappa shape index (κ1) is 11.1. The van der Waals surface area contributed by atoms with Crippen LogP contribution >= 0.6 is 0 Å². The summed E-state index contributed by atoms with van der Waals surface area (Å²) in [6.45, 7) is 0. The standard InChI is InChI=1S/C14H17N5/c1-19-12(5-6-16-19)14-15-8-9-7-10-3-2-4-11(17-10)13(9)18-14/h5-6,8,10-11,17H,2-4,7H2,1H3. The fourth-order valence-electron chi connectivity index (χ4n) is 3.26. The van der Waals surface area contributed by atoms with Crippen LogP contribution in [-0.2, 0) is 13.5 Å². The second-order valence-corrected chi connectivity index (χ2v) is 5.50. The maximum absolute atomic E-state index is 4.80. The SMILES string of the molecule is Cn1nccc1-c1ncc2c(n1)C1CCCC(C2)N1. The molecular weight excluding hydrogens is 238 g/mol. The lowest BCUT2D eigenvalue weighted by atomic mass is 9.85. The summed E-state index contributed by atoms with van der Waals surface area (Å²) in [6, 6.07) is 3.00. The van der Waals surface area contributed by atoms with Crippen molar-refractivity contribution in [2.45, 2.75) is 37.8 Å². The van der Waals surface area contributed by atoms with E-state index in [0.717, 1.165) is 17.9 Å². The maximum atomic E-state index is 4.80. The van der Waals surface area contributed by atoms with Crippen LogP contribution in [0.3, 0.4) is 0 Å². The fraction of sp³-hybridized carbons (Fsp3) is 0.500. The van der Waals surface area contributed by atoms with Gasteiger partial charge in [-0.2, -0.15) is 5.10 Å². The van der Waals surface area contributed by atoms with Gasteiger partial charge >= 0.3 is 0 Å². The highest BCUT2D eigenvalue weighted by Gasteiger charge is 2.31. The molecule has 1 fully saturated rings. The Morgan fingerprint density at radius 3 is 3.16 bits per heavy atom. The molecule has 2 bridgehead atoms. The molecule has 2 aliphatic heterocycles. The molecular formula is C14H17N5. The van der Waals surface area contributed by atoms with E-state index in [1.54, 1.807) is 6.20 Å². The van der Waals surface area contributed by atoms with Crippen molar-refractivity contribution in [2.75, 3.05) is 0 Å². The van der Waals surface area contributed by atoms with E-state index in [1.807, 2.05) is 24.0 Å². The van der Waals surface area contributed by atoms with E-state index in [1.165, 1.54) is 30.5 Å². The van der Waals surface area contributed by atoms with Crippen molar-refractivity contribution in [2.24, 2.45) is 7.05 Å². The molecule has 5 heteroatoms. The van der Waals surface area contributed by atoms with Gasteiger partial charge in [-0.25, -0.2) is 9.97 Å². The highest BCUT2D eigenvalue weighted by molar-refractivity contribution is 5.50. The third-order valence-corrected chi connectivity index (χ3v) is 4.23. The van der Waals surface area contributed by atoms with E-state index in [9.17, 15) is 0 Å². The van der Waals surface area contributed by atoms with E-state index < -0.39 is 0 Å². The van der Waals surface area contributed by atoms with Crippen LogP contribution in [0.1, 0.15) is 36.6 Å². The highest BCUT2D eigenvalue weighted by Crippen LogP contribution is 2.33. The molecule has 4 rings (SSSR count). The van der Waals surface area contributed by atoms with Crippen molar-refractivity contribution in [3.05, 3.63) is 29.7 Å². The summed E-state index contributed by atoms with van der Waals surface area (Å²) in [6.07, 6.45) is 8.62. The van der Waals surface area contributed by atoms with Crippen LogP contribution < -0.4 is 5.32 Å². The Morgan fingerprint density at radius 1 is 1.37 bits per heavy atom. The van der Waals surface area contributed by atoms with E-state index in [4.69, 9.17) is 4.98 Å². The largest absolute Gasteiger partial charge is 0.305 e. The molecule has 2 aromatic rings. The van der Waals surface area contributed by atoms with Crippen LogP contribution in [0.2, 0.25) is 0 Å². The zero-order valence-electron chi connectivity index (χ0n) is 11.0. The molecule has 5 nitrogen and oxygen atoms in total. The van der Waals surface area contributed by atoms with Gasteiger partial charge in [0, 0.05) is 25.5 Å². The van der Waals surface area contributed by atoms with Crippen molar-refractivity contribution in [1.82, 2.24) is 25.1 Å². The quantitative estimate of drug-likeness (QED) is 0.841. The zero-order valence-corrected chi connectivity index (χ0v) is 11.0. The number of nitrogens with one attached hydrogen (secondary N) is 1. The molecule has 2 aliphatic rings. The number of aryl methyl sites for hydroxylation is 1. The van der Waals surface area contributed by atoms with Crippen LogP contribution in [0, 0.1) is 0 Å². The Balaban J connectivity index is 1.80. The van der Waals surface area contributed by atoms with Gasteiger partial charge in [-0.15, -0.1) is 0 Å². The second-order valence-electron chi connectivity index (χ2n) is 5.50. The molecule has 0 aliphatic carbocycles. The number of rotatable bonds is 1. The van der Waals surface area contributed by atoms with Gasteiger partial charge in [0.15, 0.2) is 5.82 Å². The Kier molecular flexibility index (Phi) is 2.41. The summed E-state index contributed by atoms with van der Waals surface area (Å²) in [5.74, 6) is 0.782. The molecule has 2 unspecified atom stereocenters. The summed E-state index contributed by atoms with van der Waals surface area (Å²) < 4.78 is 1.82. The van der Waals surface area contributed by atoms with Crippen LogP contribution in [0.15, 0.2) is 18.5 Å². The first-order valence-corrected chi connectivity index (χ1v) is 6.91.